The molecule has 1 heterocycles. The molecule has 1 saturated carbocycles. The first-order valence-corrected chi connectivity index (χ1v) is 5.49. The molecule has 5 heteroatoms. The van der Waals surface area contributed by atoms with Crippen LogP contribution in [0.25, 0.3) is 0 Å². The third-order valence-electron chi connectivity index (χ3n) is 2.78. The molecular formula is C12H11F2N3. The summed E-state index contributed by atoms with van der Waals surface area (Å²) in [6.45, 7) is 0. The molecule has 1 aliphatic rings. The molecule has 0 saturated heterocycles. The molecule has 1 N–H and O–H groups in total. The third-order valence-corrected chi connectivity index (χ3v) is 2.78. The summed E-state index contributed by atoms with van der Waals surface area (Å²) in [4.78, 5) is 4.11. The lowest BCUT2D eigenvalue weighted by molar-refractivity contribution is 0.603. The topological polar surface area (TPSA) is 29.9 Å². The normalized spacial score (nSPS) is 14.9. The van der Waals surface area contributed by atoms with Gasteiger partial charge >= 0.3 is 0 Å². The molecule has 0 radical (unpaired) electrons. The second-order valence-corrected chi connectivity index (χ2v) is 4.14. The van der Waals surface area contributed by atoms with Gasteiger partial charge in [0.1, 0.15) is 11.6 Å². The standard InChI is InChI=1S/C12H11F2N3/c13-8-1-4-10(14)11(7-8)16-12-15-5-6-17(12)9-2-3-9/h1,4-7,9H,2-3H2,(H,15,16). The molecule has 1 aliphatic carbocycles. The Labute approximate surface area is 97.1 Å². The van der Waals surface area contributed by atoms with E-state index >= 15 is 0 Å². The van der Waals surface area contributed by atoms with Crippen molar-refractivity contribution in [2.24, 2.45) is 0 Å². The Balaban J connectivity index is 1.90. The minimum atomic E-state index is -0.489. The van der Waals surface area contributed by atoms with E-state index in [1.54, 1.807) is 6.20 Å². The summed E-state index contributed by atoms with van der Waals surface area (Å²) < 4.78 is 28.4. The minimum Gasteiger partial charge on any atom is -0.323 e. The van der Waals surface area contributed by atoms with Gasteiger partial charge in [0.25, 0.3) is 0 Å². The fourth-order valence-corrected chi connectivity index (χ4v) is 1.77. The summed E-state index contributed by atoms with van der Waals surface area (Å²) in [6, 6.07) is 3.76. The minimum absolute atomic E-state index is 0.109. The van der Waals surface area contributed by atoms with Gasteiger partial charge in [-0.15, -0.1) is 0 Å². The van der Waals surface area contributed by atoms with Crippen molar-refractivity contribution in [3.63, 3.8) is 0 Å². The Morgan fingerprint density at radius 3 is 2.88 bits per heavy atom. The average Bonchev–Trinajstić information content (AvgIpc) is 3.05. The van der Waals surface area contributed by atoms with E-state index in [9.17, 15) is 8.78 Å². The van der Waals surface area contributed by atoms with Crippen LogP contribution in [-0.2, 0) is 0 Å². The van der Waals surface area contributed by atoms with Crippen molar-refractivity contribution in [1.29, 1.82) is 0 Å². The molecule has 0 unspecified atom stereocenters. The molecule has 3 nitrogen and oxygen atoms in total. The van der Waals surface area contributed by atoms with Crippen molar-refractivity contribution >= 4 is 11.6 Å². The fraction of sp³-hybridized carbons (Fsp3) is 0.250. The van der Waals surface area contributed by atoms with Crippen LogP contribution in [0.4, 0.5) is 20.4 Å². The van der Waals surface area contributed by atoms with Gasteiger partial charge in [0.15, 0.2) is 0 Å². The molecule has 0 atom stereocenters. The van der Waals surface area contributed by atoms with E-state index in [0.29, 0.717) is 12.0 Å². The number of hydrogen-bond acceptors (Lipinski definition) is 2. The van der Waals surface area contributed by atoms with Crippen LogP contribution in [0.5, 0.6) is 0 Å². The molecule has 0 spiro atoms. The Hall–Kier alpha value is -1.91. The number of nitrogens with one attached hydrogen (secondary N) is 1. The number of benzene rings is 1. The van der Waals surface area contributed by atoms with Gasteiger partial charge in [-0.2, -0.15) is 0 Å². The summed E-state index contributed by atoms with van der Waals surface area (Å²) in [5, 5.41) is 2.82. The van der Waals surface area contributed by atoms with Gasteiger partial charge in [0.05, 0.1) is 5.69 Å². The van der Waals surface area contributed by atoms with E-state index < -0.39 is 11.6 Å². The van der Waals surface area contributed by atoms with Gasteiger partial charge in [0.2, 0.25) is 5.95 Å². The van der Waals surface area contributed by atoms with Crippen LogP contribution in [0.3, 0.4) is 0 Å². The Bertz CT molecular complexity index is 546. The number of aromatic nitrogens is 2. The quantitative estimate of drug-likeness (QED) is 0.885. The molecular weight excluding hydrogens is 224 g/mol. The molecule has 3 rings (SSSR count). The molecule has 0 amide bonds. The van der Waals surface area contributed by atoms with E-state index in [2.05, 4.69) is 10.3 Å². The summed E-state index contributed by atoms with van der Waals surface area (Å²) in [5.41, 5.74) is 0.109. The van der Waals surface area contributed by atoms with Gasteiger partial charge in [-0.05, 0) is 25.0 Å². The van der Waals surface area contributed by atoms with Gasteiger partial charge < -0.3 is 9.88 Å². The second-order valence-electron chi connectivity index (χ2n) is 4.14. The summed E-state index contributed by atoms with van der Waals surface area (Å²) in [7, 11) is 0. The number of imidazole rings is 1. The highest BCUT2D eigenvalue weighted by Gasteiger charge is 2.25. The maximum atomic E-state index is 13.4. The third kappa shape index (κ3) is 2.00. The van der Waals surface area contributed by atoms with E-state index in [-0.39, 0.29) is 5.69 Å². The summed E-state index contributed by atoms with van der Waals surface area (Å²) in [6.07, 6.45) is 5.71. The van der Waals surface area contributed by atoms with Crippen LogP contribution in [0.1, 0.15) is 18.9 Å². The lowest BCUT2D eigenvalue weighted by Crippen LogP contribution is -2.03. The Morgan fingerprint density at radius 1 is 1.29 bits per heavy atom. The monoisotopic (exact) mass is 235 g/mol. The second kappa shape index (κ2) is 3.84. The number of halogens is 2. The lowest BCUT2D eigenvalue weighted by atomic mass is 10.3. The van der Waals surface area contributed by atoms with Crippen LogP contribution >= 0.6 is 0 Å². The van der Waals surface area contributed by atoms with E-state index in [1.807, 2.05) is 10.8 Å². The molecule has 0 bridgehead atoms. The molecule has 17 heavy (non-hydrogen) atoms. The molecule has 1 fully saturated rings. The van der Waals surface area contributed by atoms with Crippen molar-refractivity contribution in [2.75, 3.05) is 5.32 Å². The molecule has 0 aliphatic heterocycles. The maximum absolute atomic E-state index is 13.4. The first-order valence-electron chi connectivity index (χ1n) is 5.49. The molecule has 88 valence electrons. The zero-order chi connectivity index (χ0) is 11.8. The first-order chi connectivity index (χ1) is 8.24. The van der Waals surface area contributed by atoms with Crippen molar-refractivity contribution in [1.82, 2.24) is 9.55 Å². The SMILES string of the molecule is Fc1ccc(F)c(Nc2nccn2C2CC2)c1. The van der Waals surface area contributed by atoms with Crippen LogP contribution in [0, 0.1) is 11.6 Å². The first kappa shape index (κ1) is 10.3. The van der Waals surface area contributed by atoms with E-state index in [1.165, 1.54) is 0 Å². The lowest BCUT2D eigenvalue weighted by Gasteiger charge is -2.09. The van der Waals surface area contributed by atoms with Crippen LogP contribution in [0.15, 0.2) is 30.6 Å². The van der Waals surface area contributed by atoms with Crippen molar-refractivity contribution in [2.45, 2.75) is 18.9 Å². The smallest absolute Gasteiger partial charge is 0.207 e. The summed E-state index contributed by atoms with van der Waals surface area (Å²) in [5.74, 6) is -0.410. The highest BCUT2D eigenvalue weighted by atomic mass is 19.1. The highest BCUT2D eigenvalue weighted by Crippen LogP contribution is 2.37. The Kier molecular flexibility index (Phi) is 2.31. The summed E-state index contributed by atoms with van der Waals surface area (Å²) >= 11 is 0. The predicted molar refractivity (Wildman–Crippen MR) is 60.1 cm³/mol. The largest absolute Gasteiger partial charge is 0.323 e. The van der Waals surface area contributed by atoms with Crippen molar-refractivity contribution in [3.05, 3.63) is 42.2 Å². The highest BCUT2D eigenvalue weighted by molar-refractivity contribution is 5.54. The molecule has 1 aromatic carbocycles. The average molecular weight is 235 g/mol. The van der Waals surface area contributed by atoms with Gasteiger partial charge in [-0.3, -0.25) is 0 Å². The van der Waals surface area contributed by atoms with Gasteiger partial charge in [-0.1, -0.05) is 0 Å². The van der Waals surface area contributed by atoms with Gasteiger partial charge in [0, 0.05) is 24.5 Å². The van der Waals surface area contributed by atoms with E-state index in [4.69, 9.17) is 0 Å². The molecule has 1 aromatic heterocycles. The van der Waals surface area contributed by atoms with E-state index in [0.717, 1.165) is 31.0 Å². The Morgan fingerprint density at radius 2 is 2.12 bits per heavy atom. The number of hydrogen-bond donors (Lipinski definition) is 1. The number of rotatable bonds is 3. The number of nitrogens with zero attached hydrogens (tertiary/aromatic N) is 2. The number of anilines is 2. The predicted octanol–water partition coefficient (Wildman–Crippen LogP) is 3.24. The van der Waals surface area contributed by atoms with Gasteiger partial charge in [-0.25, -0.2) is 13.8 Å². The van der Waals surface area contributed by atoms with Crippen molar-refractivity contribution in [3.8, 4) is 0 Å². The zero-order valence-corrected chi connectivity index (χ0v) is 9.03. The van der Waals surface area contributed by atoms with Crippen molar-refractivity contribution < 1.29 is 8.78 Å². The fourth-order valence-electron chi connectivity index (χ4n) is 1.77. The molecule has 2 aromatic rings. The maximum Gasteiger partial charge on any atom is 0.207 e. The van der Waals surface area contributed by atoms with Crippen LogP contribution in [0.2, 0.25) is 0 Å². The van der Waals surface area contributed by atoms with Crippen LogP contribution in [-0.4, -0.2) is 9.55 Å². The zero-order valence-electron chi connectivity index (χ0n) is 9.03. The van der Waals surface area contributed by atoms with Crippen LogP contribution < -0.4 is 5.32 Å².